The molecule has 1 N–H and O–H groups in total. The molecule has 1 aliphatic heterocycles. The van der Waals surface area contributed by atoms with Crippen LogP contribution in [0, 0.1) is 5.92 Å². The minimum absolute atomic E-state index is 0.161. The van der Waals surface area contributed by atoms with E-state index >= 15 is 0 Å². The number of nitrogens with zero attached hydrogens (tertiary/aromatic N) is 2. The van der Waals surface area contributed by atoms with Crippen LogP contribution in [0.5, 0.6) is 0 Å². The van der Waals surface area contributed by atoms with Crippen molar-refractivity contribution in [1.29, 1.82) is 0 Å². The molecule has 3 atom stereocenters. The molecule has 0 unspecified atom stereocenters. The van der Waals surface area contributed by atoms with Crippen LogP contribution in [-0.4, -0.2) is 46.2 Å². The molecule has 0 radical (unpaired) electrons. The summed E-state index contributed by atoms with van der Waals surface area (Å²) in [4.78, 5) is 52.0. The largest absolute Gasteiger partial charge is 0.462 e. The summed E-state index contributed by atoms with van der Waals surface area (Å²) in [5, 5.41) is 2.58. The molecule has 0 saturated carbocycles. The van der Waals surface area contributed by atoms with Gasteiger partial charge in [0.2, 0.25) is 5.91 Å². The molecule has 2 aromatic rings. The minimum atomic E-state index is -0.847. The maximum atomic E-state index is 12.5. The number of esters is 2. The minimum Gasteiger partial charge on any atom is -0.462 e. The molecule has 3 rings (SSSR count). The van der Waals surface area contributed by atoms with Gasteiger partial charge in [0.15, 0.2) is 6.10 Å². The Hall–Kier alpha value is -3.53. The standard InChI is InChI=1S/C23H27N3O7/c1-14(2)21(28)24-19-11-12-26(23(30)25-19)20-10-9-17(32-20)18(13-31-15(3)27)33-22(29)16-7-5-4-6-8-16/h4-8,11-12,14,17-18,20H,9-10,13H2,1-3H3,(H,24,25,28,30)/t17-,18+,20-/m0/s1. The molecule has 1 fully saturated rings. The Balaban J connectivity index is 1.70. The molecule has 176 valence electrons. The lowest BCUT2D eigenvalue weighted by atomic mass is 10.1. The fraction of sp³-hybridized carbons (Fsp3) is 0.435. The second-order valence-corrected chi connectivity index (χ2v) is 7.97. The van der Waals surface area contributed by atoms with E-state index in [1.54, 1.807) is 44.2 Å². The van der Waals surface area contributed by atoms with Crippen LogP contribution >= 0.6 is 0 Å². The molecule has 0 aliphatic carbocycles. The molecule has 2 heterocycles. The maximum absolute atomic E-state index is 12.5. The molecular weight excluding hydrogens is 430 g/mol. The number of amides is 1. The Labute approximate surface area is 190 Å². The van der Waals surface area contributed by atoms with Crippen LogP contribution in [-0.2, 0) is 23.8 Å². The second kappa shape index (κ2) is 10.9. The van der Waals surface area contributed by atoms with Gasteiger partial charge in [-0.25, -0.2) is 9.59 Å². The molecule has 1 aromatic carbocycles. The van der Waals surface area contributed by atoms with Crippen molar-refractivity contribution in [2.75, 3.05) is 11.9 Å². The molecular formula is C23H27N3O7. The number of anilines is 1. The first kappa shape index (κ1) is 24.1. The molecule has 1 saturated heterocycles. The first-order chi connectivity index (χ1) is 15.7. The zero-order chi connectivity index (χ0) is 24.0. The van der Waals surface area contributed by atoms with E-state index in [1.165, 1.54) is 23.8 Å². The number of carbonyl (C=O) groups excluding carboxylic acids is 3. The Kier molecular flexibility index (Phi) is 7.94. The predicted octanol–water partition coefficient (Wildman–Crippen LogP) is 2.30. The molecule has 1 aromatic heterocycles. The lowest BCUT2D eigenvalue weighted by Gasteiger charge is -2.24. The average molecular weight is 457 g/mol. The summed E-state index contributed by atoms with van der Waals surface area (Å²) in [5.41, 5.74) is -0.223. The Bertz CT molecular complexity index is 1050. The third-order valence-corrected chi connectivity index (χ3v) is 5.08. The van der Waals surface area contributed by atoms with Crippen LogP contribution in [0.2, 0.25) is 0 Å². The van der Waals surface area contributed by atoms with E-state index in [-0.39, 0.29) is 24.2 Å². The molecule has 10 nitrogen and oxygen atoms in total. The highest BCUT2D eigenvalue weighted by Gasteiger charge is 2.36. The van der Waals surface area contributed by atoms with Crippen molar-refractivity contribution >= 4 is 23.7 Å². The molecule has 1 amide bonds. The zero-order valence-corrected chi connectivity index (χ0v) is 18.7. The number of rotatable bonds is 8. The van der Waals surface area contributed by atoms with E-state index in [4.69, 9.17) is 14.2 Å². The van der Waals surface area contributed by atoms with Gasteiger partial charge in [-0.3, -0.25) is 14.2 Å². The van der Waals surface area contributed by atoms with Crippen LogP contribution in [0.3, 0.4) is 0 Å². The Morgan fingerprint density at radius 1 is 1.18 bits per heavy atom. The van der Waals surface area contributed by atoms with E-state index in [0.717, 1.165) is 0 Å². The lowest BCUT2D eigenvalue weighted by Crippen LogP contribution is -2.37. The summed E-state index contributed by atoms with van der Waals surface area (Å²) in [6.45, 7) is 4.57. The molecule has 0 spiro atoms. The van der Waals surface area contributed by atoms with Gasteiger partial charge < -0.3 is 19.5 Å². The SMILES string of the molecule is CC(=O)OC[C@@H](OC(=O)c1ccccc1)[C@@H]1CC[C@@H](n2ccc(NC(=O)C(C)C)nc2=O)O1. The maximum Gasteiger partial charge on any atom is 0.351 e. The molecule has 0 bridgehead atoms. The van der Waals surface area contributed by atoms with E-state index in [0.29, 0.717) is 18.4 Å². The Morgan fingerprint density at radius 3 is 2.55 bits per heavy atom. The number of ether oxygens (including phenoxy) is 3. The third-order valence-electron chi connectivity index (χ3n) is 5.08. The molecule has 33 heavy (non-hydrogen) atoms. The van der Waals surface area contributed by atoms with Gasteiger partial charge in [0.1, 0.15) is 24.8 Å². The molecule has 10 heteroatoms. The first-order valence-corrected chi connectivity index (χ1v) is 10.7. The van der Waals surface area contributed by atoms with Gasteiger partial charge in [0.25, 0.3) is 0 Å². The summed E-state index contributed by atoms with van der Waals surface area (Å²) in [6.07, 6.45) is 0.352. The van der Waals surface area contributed by atoms with E-state index < -0.39 is 36.1 Å². The van der Waals surface area contributed by atoms with Crippen LogP contribution in [0.25, 0.3) is 0 Å². The quantitative estimate of drug-likeness (QED) is 0.599. The smallest absolute Gasteiger partial charge is 0.351 e. The van der Waals surface area contributed by atoms with Gasteiger partial charge in [-0.1, -0.05) is 32.0 Å². The summed E-state index contributed by atoms with van der Waals surface area (Å²) < 4.78 is 17.9. The number of nitrogens with one attached hydrogen (secondary N) is 1. The van der Waals surface area contributed by atoms with Crippen molar-refractivity contribution in [3.8, 4) is 0 Å². The van der Waals surface area contributed by atoms with E-state index in [2.05, 4.69) is 10.3 Å². The Morgan fingerprint density at radius 2 is 1.91 bits per heavy atom. The summed E-state index contributed by atoms with van der Waals surface area (Å²) in [5.74, 6) is -1.41. The number of carbonyl (C=O) groups is 3. The van der Waals surface area contributed by atoms with Gasteiger partial charge in [-0.15, -0.1) is 0 Å². The summed E-state index contributed by atoms with van der Waals surface area (Å²) >= 11 is 0. The predicted molar refractivity (Wildman–Crippen MR) is 117 cm³/mol. The van der Waals surface area contributed by atoms with Crippen LogP contribution in [0.1, 0.15) is 50.2 Å². The number of hydrogen-bond acceptors (Lipinski definition) is 8. The van der Waals surface area contributed by atoms with Crippen LogP contribution in [0.4, 0.5) is 5.82 Å². The van der Waals surface area contributed by atoms with Crippen LogP contribution < -0.4 is 11.0 Å². The van der Waals surface area contributed by atoms with Crippen LogP contribution in [0.15, 0.2) is 47.4 Å². The summed E-state index contributed by atoms with van der Waals surface area (Å²) in [6, 6.07) is 9.97. The van der Waals surface area contributed by atoms with Crippen molar-refractivity contribution in [3.05, 3.63) is 58.6 Å². The van der Waals surface area contributed by atoms with Crippen molar-refractivity contribution in [3.63, 3.8) is 0 Å². The highest BCUT2D eigenvalue weighted by molar-refractivity contribution is 5.91. The van der Waals surface area contributed by atoms with Crippen molar-refractivity contribution in [2.24, 2.45) is 5.92 Å². The van der Waals surface area contributed by atoms with Crippen molar-refractivity contribution in [1.82, 2.24) is 9.55 Å². The van der Waals surface area contributed by atoms with Gasteiger partial charge in [-0.2, -0.15) is 4.98 Å². The lowest BCUT2D eigenvalue weighted by molar-refractivity contribution is -0.148. The normalized spacial score (nSPS) is 18.5. The monoisotopic (exact) mass is 457 g/mol. The topological polar surface area (TPSA) is 126 Å². The zero-order valence-electron chi connectivity index (χ0n) is 18.7. The van der Waals surface area contributed by atoms with Gasteiger partial charge >= 0.3 is 17.6 Å². The van der Waals surface area contributed by atoms with Gasteiger partial charge in [-0.05, 0) is 31.0 Å². The van der Waals surface area contributed by atoms with E-state index in [1.807, 2.05) is 0 Å². The van der Waals surface area contributed by atoms with Crippen molar-refractivity contribution < 1.29 is 28.6 Å². The highest BCUT2D eigenvalue weighted by atomic mass is 16.6. The first-order valence-electron chi connectivity index (χ1n) is 10.7. The summed E-state index contributed by atoms with van der Waals surface area (Å²) in [7, 11) is 0. The third kappa shape index (κ3) is 6.48. The van der Waals surface area contributed by atoms with Gasteiger partial charge in [0, 0.05) is 19.0 Å². The molecule has 1 aliphatic rings. The number of aromatic nitrogens is 2. The second-order valence-electron chi connectivity index (χ2n) is 7.97. The highest BCUT2D eigenvalue weighted by Crippen LogP contribution is 2.30. The average Bonchev–Trinajstić information content (AvgIpc) is 3.26. The number of benzene rings is 1. The fourth-order valence-corrected chi connectivity index (χ4v) is 3.29. The fourth-order valence-electron chi connectivity index (χ4n) is 3.29. The van der Waals surface area contributed by atoms with Gasteiger partial charge in [0.05, 0.1) is 5.56 Å². The number of hydrogen-bond donors (Lipinski definition) is 1. The van der Waals surface area contributed by atoms with E-state index in [9.17, 15) is 19.2 Å². The van der Waals surface area contributed by atoms with Crippen molar-refractivity contribution in [2.45, 2.75) is 52.0 Å².